The normalized spacial score (nSPS) is 13.9. The smallest absolute Gasteiger partial charge is 0.123 e. The van der Waals surface area contributed by atoms with Crippen molar-refractivity contribution in [2.45, 2.75) is 9.79 Å². The van der Waals surface area contributed by atoms with Crippen LogP contribution in [0.25, 0.3) is 0 Å². The van der Waals surface area contributed by atoms with Gasteiger partial charge in [-0.15, -0.1) is 0 Å². The molecular weight excluding hydrogens is 221 g/mol. The summed E-state index contributed by atoms with van der Waals surface area (Å²) < 4.78 is 2.11. The molecule has 0 spiro atoms. The molecular formula is C6H5Cl2NS2. The molecule has 5 heteroatoms. The number of rotatable bonds is 0. The maximum absolute atomic E-state index is 5.79. The summed E-state index contributed by atoms with van der Waals surface area (Å²) >= 11 is 9.28. The van der Waals surface area contributed by atoms with Crippen molar-refractivity contribution < 1.29 is 16.5 Å². The Morgan fingerprint density at radius 1 is 1.18 bits per heavy atom. The van der Waals surface area contributed by atoms with Gasteiger partial charge in [0.05, 0.1) is 9.79 Å². The molecule has 0 saturated carbocycles. The van der Waals surface area contributed by atoms with Crippen LogP contribution < -0.4 is 16.5 Å². The number of halogens is 2. The standard InChI is InChI=1S/C6H4ClNS2.ClH/c7-4-1-2-5-6(3-4)10-8-9-5;/h1-3,8H;1H. The fourth-order valence-electron chi connectivity index (χ4n) is 0.799. The fourth-order valence-corrected chi connectivity index (χ4v) is 3.05. The molecule has 1 heterocycles. The number of quaternary nitrogens is 1. The van der Waals surface area contributed by atoms with Crippen LogP contribution in [0.2, 0.25) is 5.02 Å². The lowest BCUT2D eigenvalue weighted by Crippen LogP contribution is -3.00. The first-order valence-corrected chi connectivity index (χ1v) is 4.94. The van der Waals surface area contributed by atoms with E-state index in [1.807, 2.05) is 12.1 Å². The third-order valence-corrected chi connectivity index (χ3v) is 3.59. The van der Waals surface area contributed by atoms with Gasteiger partial charge in [-0.25, -0.2) is 4.13 Å². The van der Waals surface area contributed by atoms with Crippen molar-refractivity contribution in [1.82, 2.24) is 0 Å². The van der Waals surface area contributed by atoms with Crippen molar-refractivity contribution in [1.29, 1.82) is 0 Å². The van der Waals surface area contributed by atoms with Crippen molar-refractivity contribution in [3.63, 3.8) is 0 Å². The van der Waals surface area contributed by atoms with Crippen LogP contribution in [0, 0.1) is 0 Å². The van der Waals surface area contributed by atoms with Gasteiger partial charge in [0.1, 0.15) is 23.9 Å². The third-order valence-electron chi connectivity index (χ3n) is 1.26. The summed E-state index contributed by atoms with van der Waals surface area (Å²) in [5.41, 5.74) is 0. The van der Waals surface area contributed by atoms with Gasteiger partial charge in [-0.1, -0.05) is 11.6 Å². The van der Waals surface area contributed by atoms with Gasteiger partial charge >= 0.3 is 0 Å². The molecule has 0 amide bonds. The second-order valence-electron chi connectivity index (χ2n) is 1.92. The largest absolute Gasteiger partial charge is 1.00 e. The van der Waals surface area contributed by atoms with Crippen LogP contribution in [-0.4, -0.2) is 0 Å². The van der Waals surface area contributed by atoms with Crippen LogP contribution in [0.15, 0.2) is 28.0 Å². The second-order valence-corrected chi connectivity index (χ2v) is 4.48. The number of hydrogen-bond acceptors (Lipinski definition) is 2. The average molecular weight is 226 g/mol. The molecule has 1 nitrogen and oxygen atoms in total. The molecule has 0 atom stereocenters. The van der Waals surface area contributed by atoms with E-state index in [2.05, 4.69) is 10.2 Å². The SMILES string of the molecule is Clc1ccc2c(c1)S[NH2+]S2.[Cl-]. The summed E-state index contributed by atoms with van der Waals surface area (Å²) in [5, 5.41) is 0.821. The van der Waals surface area contributed by atoms with E-state index in [4.69, 9.17) is 11.6 Å². The third kappa shape index (κ3) is 1.98. The first-order valence-electron chi connectivity index (χ1n) is 2.81. The Bertz CT molecular complexity index is 267. The Labute approximate surface area is 84.9 Å². The Kier molecular flexibility index (Phi) is 3.40. The summed E-state index contributed by atoms with van der Waals surface area (Å²) in [5.74, 6) is 0. The van der Waals surface area contributed by atoms with Crippen LogP contribution in [0.5, 0.6) is 0 Å². The zero-order valence-corrected chi connectivity index (χ0v) is 8.53. The lowest BCUT2D eigenvalue weighted by Gasteiger charge is -1.89. The van der Waals surface area contributed by atoms with E-state index in [1.165, 1.54) is 9.79 Å². The van der Waals surface area contributed by atoms with Crippen molar-refractivity contribution in [2.24, 2.45) is 0 Å². The molecule has 0 saturated heterocycles. The van der Waals surface area contributed by atoms with Crippen molar-refractivity contribution >= 4 is 35.5 Å². The topological polar surface area (TPSA) is 16.6 Å². The Morgan fingerprint density at radius 2 is 1.91 bits per heavy atom. The zero-order valence-electron chi connectivity index (χ0n) is 5.38. The second kappa shape index (κ2) is 3.92. The minimum absolute atomic E-state index is 0. The maximum atomic E-state index is 5.79. The fraction of sp³-hybridized carbons (Fsp3) is 0. The Balaban J connectivity index is 0.000000605. The van der Waals surface area contributed by atoms with Gasteiger partial charge < -0.3 is 12.4 Å². The van der Waals surface area contributed by atoms with E-state index >= 15 is 0 Å². The van der Waals surface area contributed by atoms with Gasteiger partial charge in [0.25, 0.3) is 0 Å². The van der Waals surface area contributed by atoms with Crippen molar-refractivity contribution in [3.8, 4) is 0 Å². The zero-order chi connectivity index (χ0) is 6.97. The van der Waals surface area contributed by atoms with Gasteiger partial charge in [0.15, 0.2) is 0 Å². The molecule has 1 aliphatic rings. The van der Waals surface area contributed by atoms with E-state index in [0.717, 1.165) is 5.02 Å². The van der Waals surface area contributed by atoms with E-state index in [-0.39, 0.29) is 12.4 Å². The summed E-state index contributed by atoms with van der Waals surface area (Å²) in [7, 11) is 0. The highest BCUT2D eigenvalue weighted by Gasteiger charge is 2.17. The minimum Gasteiger partial charge on any atom is -1.00 e. The molecule has 0 aliphatic carbocycles. The lowest BCUT2D eigenvalue weighted by atomic mass is 10.4. The Hall–Kier alpha value is 0.460. The van der Waals surface area contributed by atoms with Gasteiger partial charge in [0.2, 0.25) is 0 Å². The molecule has 0 fully saturated rings. The predicted octanol–water partition coefficient (Wildman–Crippen LogP) is -1.06. The summed E-state index contributed by atoms with van der Waals surface area (Å²) in [4.78, 5) is 2.59. The van der Waals surface area contributed by atoms with Gasteiger partial charge in [0, 0.05) is 5.02 Å². The highest BCUT2D eigenvalue weighted by atomic mass is 35.5. The molecule has 0 radical (unpaired) electrons. The van der Waals surface area contributed by atoms with Crippen molar-refractivity contribution in [2.75, 3.05) is 0 Å². The molecule has 60 valence electrons. The summed E-state index contributed by atoms with van der Waals surface area (Å²) in [6.45, 7) is 0. The van der Waals surface area contributed by atoms with Gasteiger partial charge in [-0.05, 0) is 18.2 Å². The quantitative estimate of drug-likeness (QED) is 0.567. The van der Waals surface area contributed by atoms with Crippen LogP contribution in [0.1, 0.15) is 0 Å². The average Bonchev–Trinajstić information content (AvgIpc) is 2.33. The monoisotopic (exact) mass is 225 g/mol. The molecule has 2 N–H and O–H groups in total. The molecule has 0 bridgehead atoms. The molecule has 0 aromatic heterocycles. The Morgan fingerprint density at radius 3 is 2.73 bits per heavy atom. The molecule has 1 aromatic carbocycles. The van der Waals surface area contributed by atoms with Gasteiger partial charge in [-0.2, -0.15) is 0 Å². The number of fused-ring (bicyclic) bond motifs is 1. The highest BCUT2D eigenvalue weighted by molar-refractivity contribution is 8.07. The van der Waals surface area contributed by atoms with Crippen molar-refractivity contribution in [3.05, 3.63) is 23.2 Å². The molecule has 11 heavy (non-hydrogen) atoms. The van der Waals surface area contributed by atoms with Gasteiger partial charge in [-0.3, -0.25) is 0 Å². The van der Waals surface area contributed by atoms with Crippen LogP contribution in [0.3, 0.4) is 0 Å². The van der Waals surface area contributed by atoms with Crippen LogP contribution in [0.4, 0.5) is 0 Å². The first-order chi connectivity index (χ1) is 4.86. The van der Waals surface area contributed by atoms with E-state index < -0.39 is 0 Å². The summed E-state index contributed by atoms with van der Waals surface area (Å²) in [6, 6.07) is 5.98. The summed E-state index contributed by atoms with van der Waals surface area (Å²) in [6.07, 6.45) is 0. The van der Waals surface area contributed by atoms with E-state index in [1.54, 1.807) is 23.9 Å². The maximum Gasteiger partial charge on any atom is 0.123 e. The number of hydrogen-bond donors (Lipinski definition) is 1. The molecule has 1 aliphatic heterocycles. The first kappa shape index (κ1) is 9.55. The number of nitrogens with two attached hydrogens (primary N) is 1. The molecule has 1 aromatic rings. The van der Waals surface area contributed by atoms with E-state index in [0.29, 0.717) is 0 Å². The highest BCUT2D eigenvalue weighted by Crippen LogP contribution is 2.32. The van der Waals surface area contributed by atoms with Crippen LogP contribution >= 0.6 is 35.5 Å². The molecule has 0 unspecified atom stereocenters. The molecule has 2 rings (SSSR count). The lowest BCUT2D eigenvalue weighted by molar-refractivity contribution is -0.264. The number of benzene rings is 1. The van der Waals surface area contributed by atoms with E-state index in [9.17, 15) is 0 Å². The van der Waals surface area contributed by atoms with Crippen LogP contribution in [-0.2, 0) is 0 Å². The predicted molar refractivity (Wildman–Crippen MR) is 45.1 cm³/mol. The minimum atomic E-state index is 0.